The third-order valence-corrected chi connectivity index (χ3v) is 3.31. The molecule has 1 aromatic rings. The maximum Gasteiger partial charge on any atom is 0.129 e. The minimum absolute atomic E-state index is 0.483. The highest BCUT2D eigenvalue weighted by Gasteiger charge is 2.24. The summed E-state index contributed by atoms with van der Waals surface area (Å²) in [6.07, 6.45) is 4.12. The fourth-order valence-electron chi connectivity index (χ4n) is 2.24. The molecule has 88 valence electrons. The van der Waals surface area contributed by atoms with Crippen LogP contribution in [-0.4, -0.2) is 24.2 Å². The fraction of sp³-hybridized carbons (Fsp3) is 0.615. The molecule has 2 unspecified atom stereocenters. The van der Waals surface area contributed by atoms with E-state index in [2.05, 4.69) is 30.2 Å². The second kappa shape index (κ2) is 5.30. The first-order valence-corrected chi connectivity index (χ1v) is 6.07. The van der Waals surface area contributed by atoms with Crippen LogP contribution in [0.15, 0.2) is 18.3 Å². The molecule has 0 radical (unpaired) electrons. The van der Waals surface area contributed by atoms with Crippen molar-refractivity contribution in [3.63, 3.8) is 0 Å². The van der Waals surface area contributed by atoms with Crippen LogP contribution in [0.25, 0.3) is 0 Å². The van der Waals surface area contributed by atoms with Gasteiger partial charge in [0.1, 0.15) is 5.82 Å². The van der Waals surface area contributed by atoms with Gasteiger partial charge in [-0.3, -0.25) is 0 Å². The van der Waals surface area contributed by atoms with Crippen molar-refractivity contribution in [2.24, 2.45) is 5.92 Å². The monoisotopic (exact) mass is 220 g/mol. The molecule has 0 saturated carbocycles. The van der Waals surface area contributed by atoms with Crippen molar-refractivity contribution in [1.82, 2.24) is 4.98 Å². The lowest BCUT2D eigenvalue weighted by molar-refractivity contribution is 0.182. The molecule has 2 rings (SSSR count). The van der Waals surface area contributed by atoms with Gasteiger partial charge in [-0.15, -0.1) is 0 Å². The van der Waals surface area contributed by atoms with E-state index >= 15 is 0 Å². The van der Waals surface area contributed by atoms with Crippen molar-refractivity contribution in [2.75, 3.05) is 18.5 Å². The van der Waals surface area contributed by atoms with Crippen LogP contribution in [0.5, 0.6) is 0 Å². The number of aromatic nitrogens is 1. The van der Waals surface area contributed by atoms with Crippen molar-refractivity contribution < 1.29 is 4.74 Å². The van der Waals surface area contributed by atoms with E-state index in [0.29, 0.717) is 12.0 Å². The molecule has 1 saturated heterocycles. The molecule has 0 aliphatic carbocycles. The van der Waals surface area contributed by atoms with Gasteiger partial charge in [-0.2, -0.15) is 0 Å². The molecular weight excluding hydrogens is 200 g/mol. The number of nitrogens with zero attached hydrogens (tertiary/aromatic N) is 1. The first-order chi connectivity index (χ1) is 7.81. The fourth-order valence-corrected chi connectivity index (χ4v) is 2.24. The molecule has 1 aliphatic heterocycles. The summed E-state index contributed by atoms with van der Waals surface area (Å²) in [6.45, 7) is 6.10. The van der Waals surface area contributed by atoms with Crippen molar-refractivity contribution in [3.05, 3.63) is 23.9 Å². The Morgan fingerprint density at radius 2 is 2.50 bits per heavy atom. The first-order valence-electron chi connectivity index (χ1n) is 6.07. The maximum atomic E-state index is 5.45. The van der Waals surface area contributed by atoms with Crippen LogP contribution in [0.2, 0.25) is 0 Å². The van der Waals surface area contributed by atoms with E-state index in [1.807, 2.05) is 12.3 Å². The summed E-state index contributed by atoms with van der Waals surface area (Å²) in [5, 5.41) is 3.55. The quantitative estimate of drug-likeness (QED) is 0.847. The van der Waals surface area contributed by atoms with E-state index in [0.717, 1.165) is 31.9 Å². The smallest absolute Gasteiger partial charge is 0.129 e. The summed E-state index contributed by atoms with van der Waals surface area (Å²) in [4.78, 5) is 4.39. The topological polar surface area (TPSA) is 34.2 Å². The lowest BCUT2D eigenvalue weighted by Crippen LogP contribution is -2.29. The summed E-state index contributed by atoms with van der Waals surface area (Å²) in [5.41, 5.74) is 1.21. The third kappa shape index (κ3) is 2.53. The number of nitrogens with one attached hydrogen (secondary N) is 1. The average Bonchev–Trinajstić information content (AvgIpc) is 2.81. The van der Waals surface area contributed by atoms with Crippen molar-refractivity contribution >= 4 is 5.82 Å². The van der Waals surface area contributed by atoms with E-state index in [1.54, 1.807) is 0 Å². The number of hydrogen-bond donors (Lipinski definition) is 1. The molecule has 1 fully saturated rings. The van der Waals surface area contributed by atoms with Crippen molar-refractivity contribution in [1.29, 1.82) is 0 Å². The average molecular weight is 220 g/mol. The van der Waals surface area contributed by atoms with Crippen molar-refractivity contribution in [3.8, 4) is 0 Å². The standard InChI is InChI=1S/C13H20N2O/c1-3-12(11-6-8-16-9-11)15-13-10(2)5-4-7-14-13/h4-5,7,11-12H,3,6,8-9H2,1-2H3,(H,14,15). The van der Waals surface area contributed by atoms with Gasteiger partial charge in [0.25, 0.3) is 0 Å². The molecule has 0 bridgehead atoms. The highest BCUT2D eigenvalue weighted by molar-refractivity contribution is 5.43. The molecule has 16 heavy (non-hydrogen) atoms. The van der Waals surface area contributed by atoms with Crippen LogP contribution in [0, 0.1) is 12.8 Å². The molecule has 2 heterocycles. The zero-order valence-electron chi connectivity index (χ0n) is 10.1. The Kier molecular flexibility index (Phi) is 3.78. The maximum absolute atomic E-state index is 5.45. The Morgan fingerprint density at radius 3 is 3.12 bits per heavy atom. The molecule has 1 aliphatic rings. The number of anilines is 1. The zero-order valence-corrected chi connectivity index (χ0v) is 10.1. The van der Waals surface area contributed by atoms with Gasteiger partial charge in [-0.05, 0) is 31.4 Å². The van der Waals surface area contributed by atoms with E-state index < -0.39 is 0 Å². The van der Waals surface area contributed by atoms with E-state index in [4.69, 9.17) is 4.74 Å². The zero-order chi connectivity index (χ0) is 11.4. The van der Waals surface area contributed by atoms with Gasteiger partial charge in [0.2, 0.25) is 0 Å². The number of hydrogen-bond acceptors (Lipinski definition) is 3. The van der Waals surface area contributed by atoms with Gasteiger partial charge >= 0.3 is 0 Å². The Hall–Kier alpha value is -1.09. The minimum atomic E-state index is 0.483. The number of aryl methyl sites for hydroxylation is 1. The summed E-state index contributed by atoms with van der Waals surface area (Å²) in [6, 6.07) is 4.55. The largest absolute Gasteiger partial charge is 0.381 e. The molecule has 1 N–H and O–H groups in total. The van der Waals surface area contributed by atoms with E-state index in [1.165, 1.54) is 5.56 Å². The molecular formula is C13H20N2O. The molecule has 0 spiro atoms. The Labute approximate surface area is 97.2 Å². The number of ether oxygens (including phenoxy) is 1. The summed E-state index contributed by atoms with van der Waals surface area (Å²) < 4.78 is 5.45. The Bertz CT molecular complexity index is 334. The highest BCUT2D eigenvalue weighted by atomic mass is 16.5. The number of rotatable bonds is 4. The van der Waals surface area contributed by atoms with Crippen molar-refractivity contribution in [2.45, 2.75) is 32.7 Å². The van der Waals surface area contributed by atoms with Gasteiger partial charge in [0, 0.05) is 24.8 Å². The summed E-state index contributed by atoms with van der Waals surface area (Å²) in [5.74, 6) is 1.65. The first kappa shape index (κ1) is 11.4. The molecule has 0 amide bonds. The van der Waals surface area contributed by atoms with E-state index in [9.17, 15) is 0 Å². The van der Waals surface area contributed by atoms with Gasteiger partial charge in [0.15, 0.2) is 0 Å². The normalized spacial score (nSPS) is 22.0. The van der Waals surface area contributed by atoms with Crippen LogP contribution in [-0.2, 0) is 4.74 Å². The predicted octanol–water partition coefficient (Wildman–Crippen LogP) is 2.62. The second-order valence-corrected chi connectivity index (χ2v) is 4.45. The predicted molar refractivity (Wildman–Crippen MR) is 65.6 cm³/mol. The Balaban J connectivity index is 2.03. The Morgan fingerprint density at radius 1 is 1.62 bits per heavy atom. The highest BCUT2D eigenvalue weighted by Crippen LogP contribution is 2.22. The molecule has 0 aromatic carbocycles. The molecule has 3 nitrogen and oxygen atoms in total. The van der Waals surface area contributed by atoms with Crippen LogP contribution in [0.3, 0.4) is 0 Å². The van der Waals surface area contributed by atoms with Crippen LogP contribution >= 0.6 is 0 Å². The van der Waals surface area contributed by atoms with Gasteiger partial charge in [-0.1, -0.05) is 13.0 Å². The van der Waals surface area contributed by atoms with Gasteiger partial charge < -0.3 is 10.1 Å². The third-order valence-electron chi connectivity index (χ3n) is 3.31. The molecule has 1 aromatic heterocycles. The van der Waals surface area contributed by atoms with Crippen LogP contribution in [0.1, 0.15) is 25.3 Å². The van der Waals surface area contributed by atoms with Crippen LogP contribution in [0.4, 0.5) is 5.82 Å². The minimum Gasteiger partial charge on any atom is -0.381 e. The molecule has 3 heteroatoms. The van der Waals surface area contributed by atoms with E-state index in [-0.39, 0.29) is 0 Å². The summed E-state index contributed by atoms with van der Waals surface area (Å²) >= 11 is 0. The second-order valence-electron chi connectivity index (χ2n) is 4.45. The SMILES string of the molecule is CCC(Nc1ncccc1C)C1CCOC1. The lowest BCUT2D eigenvalue weighted by Gasteiger charge is -2.23. The van der Waals surface area contributed by atoms with Gasteiger partial charge in [-0.25, -0.2) is 4.98 Å². The molecule has 2 atom stereocenters. The van der Waals surface area contributed by atoms with Gasteiger partial charge in [0.05, 0.1) is 6.61 Å². The number of pyridine rings is 1. The van der Waals surface area contributed by atoms with Crippen LogP contribution < -0.4 is 5.32 Å². The lowest BCUT2D eigenvalue weighted by atomic mass is 9.97. The summed E-state index contributed by atoms with van der Waals surface area (Å²) in [7, 11) is 0.